The van der Waals surface area contributed by atoms with Gasteiger partial charge in [-0.25, -0.2) is 0 Å². The fraction of sp³-hybridized carbons (Fsp3) is 0.538. The SMILES string of the molecule is CCCNC(CO)c1cc(C)c(O)c(C)c1. The Bertz CT molecular complexity index is 327. The maximum absolute atomic E-state index is 9.68. The molecule has 0 saturated carbocycles. The normalized spacial score (nSPS) is 12.8. The van der Waals surface area contributed by atoms with Gasteiger partial charge in [-0.05, 0) is 43.5 Å². The second-order valence-electron chi connectivity index (χ2n) is 4.19. The molecule has 1 atom stereocenters. The molecule has 0 saturated heterocycles. The molecule has 16 heavy (non-hydrogen) atoms. The van der Waals surface area contributed by atoms with Gasteiger partial charge >= 0.3 is 0 Å². The number of nitrogens with one attached hydrogen (secondary N) is 1. The monoisotopic (exact) mass is 223 g/mol. The van der Waals surface area contributed by atoms with Crippen LogP contribution in [0.25, 0.3) is 0 Å². The first-order chi connectivity index (χ1) is 7.60. The predicted molar refractivity (Wildman–Crippen MR) is 65.7 cm³/mol. The lowest BCUT2D eigenvalue weighted by Crippen LogP contribution is -2.25. The van der Waals surface area contributed by atoms with E-state index in [0.29, 0.717) is 5.75 Å². The van der Waals surface area contributed by atoms with Crippen molar-refractivity contribution in [2.45, 2.75) is 33.2 Å². The molecule has 90 valence electrons. The quantitative estimate of drug-likeness (QED) is 0.716. The minimum atomic E-state index is -0.0436. The van der Waals surface area contributed by atoms with Crippen molar-refractivity contribution in [2.24, 2.45) is 0 Å². The molecule has 0 heterocycles. The number of aliphatic hydroxyl groups excluding tert-OH is 1. The summed E-state index contributed by atoms with van der Waals surface area (Å²) in [6, 6.07) is 3.80. The van der Waals surface area contributed by atoms with Crippen LogP contribution < -0.4 is 5.32 Å². The zero-order valence-corrected chi connectivity index (χ0v) is 10.2. The van der Waals surface area contributed by atoms with Crippen LogP contribution in [0.2, 0.25) is 0 Å². The number of rotatable bonds is 5. The van der Waals surface area contributed by atoms with Crippen molar-refractivity contribution < 1.29 is 10.2 Å². The summed E-state index contributed by atoms with van der Waals surface area (Å²) in [5.74, 6) is 0.343. The van der Waals surface area contributed by atoms with Crippen LogP contribution in [0.4, 0.5) is 0 Å². The Morgan fingerprint density at radius 2 is 1.81 bits per heavy atom. The highest BCUT2D eigenvalue weighted by Gasteiger charge is 2.12. The smallest absolute Gasteiger partial charge is 0.121 e. The molecule has 0 aliphatic rings. The number of hydrogen-bond acceptors (Lipinski definition) is 3. The Balaban J connectivity index is 2.92. The molecule has 0 bridgehead atoms. The van der Waals surface area contributed by atoms with E-state index < -0.39 is 0 Å². The lowest BCUT2D eigenvalue weighted by Gasteiger charge is -2.18. The zero-order chi connectivity index (χ0) is 12.1. The fourth-order valence-electron chi connectivity index (χ4n) is 1.80. The van der Waals surface area contributed by atoms with Crippen LogP contribution in [0.3, 0.4) is 0 Å². The average molecular weight is 223 g/mol. The number of benzene rings is 1. The van der Waals surface area contributed by atoms with Crippen LogP contribution in [0.1, 0.15) is 36.1 Å². The minimum Gasteiger partial charge on any atom is -0.507 e. The molecule has 3 heteroatoms. The third-order valence-corrected chi connectivity index (χ3v) is 2.74. The van der Waals surface area contributed by atoms with Gasteiger partial charge in [0.15, 0.2) is 0 Å². The van der Waals surface area contributed by atoms with E-state index in [1.165, 1.54) is 0 Å². The Morgan fingerprint density at radius 1 is 1.25 bits per heavy atom. The minimum absolute atomic E-state index is 0.0436. The van der Waals surface area contributed by atoms with E-state index in [1.54, 1.807) is 0 Å². The Morgan fingerprint density at radius 3 is 2.25 bits per heavy atom. The van der Waals surface area contributed by atoms with Crippen molar-refractivity contribution in [3.05, 3.63) is 28.8 Å². The number of phenolic OH excluding ortho intramolecular Hbond substituents is 1. The lowest BCUT2D eigenvalue weighted by molar-refractivity contribution is 0.244. The van der Waals surface area contributed by atoms with Crippen molar-refractivity contribution in [3.63, 3.8) is 0 Å². The molecular weight excluding hydrogens is 202 g/mol. The molecule has 3 N–H and O–H groups in total. The summed E-state index contributed by atoms with van der Waals surface area (Å²) in [4.78, 5) is 0. The van der Waals surface area contributed by atoms with Gasteiger partial charge in [-0.1, -0.05) is 19.1 Å². The third kappa shape index (κ3) is 2.97. The maximum atomic E-state index is 9.68. The zero-order valence-electron chi connectivity index (χ0n) is 10.2. The van der Waals surface area contributed by atoms with Crippen molar-refractivity contribution in [3.8, 4) is 5.75 Å². The van der Waals surface area contributed by atoms with E-state index in [4.69, 9.17) is 0 Å². The van der Waals surface area contributed by atoms with Crippen LogP contribution in [0.15, 0.2) is 12.1 Å². The molecule has 0 amide bonds. The van der Waals surface area contributed by atoms with E-state index in [2.05, 4.69) is 12.2 Å². The van der Waals surface area contributed by atoms with Gasteiger partial charge in [-0.3, -0.25) is 0 Å². The summed E-state index contributed by atoms with van der Waals surface area (Å²) >= 11 is 0. The second kappa shape index (κ2) is 5.87. The van der Waals surface area contributed by atoms with Crippen molar-refractivity contribution >= 4 is 0 Å². The van der Waals surface area contributed by atoms with Gasteiger partial charge in [0.05, 0.1) is 12.6 Å². The van der Waals surface area contributed by atoms with Crippen LogP contribution in [0, 0.1) is 13.8 Å². The molecule has 0 spiro atoms. The largest absolute Gasteiger partial charge is 0.507 e. The van der Waals surface area contributed by atoms with Gasteiger partial charge in [-0.2, -0.15) is 0 Å². The van der Waals surface area contributed by atoms with Gasteiger partial charge in [0.2, 0.25) is 0 Å². The molecule has 1 rings (SSSR count). The second-order valence-corrected chi connectivity index (χ2v) is 4.19. The Labute approximate surface area is 97.1 Å². The number of aryl methyl sites for hydroxylation is 2. The fourth-order valence-corrected chi connectivity index (χ4v) is 1.80. The first kappa shape index (κ1) is 13.0. The summed E-state index contributed by atoms with van der Waals surface area (Å²) in [5.41, 5.74) is 2.74. The molecule has 1 unspecified atom stereocenters. The van der Waals surface area contributed by atoms with E-state index in [1.807, 2.05) is 26.0 Å². The molecule has 1 aromatic rings. The molecule has 3 nitrogen and oxygen atoms in total. The predicted octanol–water partition coefficient (Wildman–Crippen LogP) is 2.04. The number of aliphatic hydroxyl groups is 1. The molecule has 0 aliphatic carbocycles. The molecule has 0 aromatic heterocycles. The number of phenols is 1. The summed E-state index contributed by atoms with van der Waals surface area (Å²) in [7, 11) is 0. The van der Waals surface area contributed by atoms with Gasteiger partial charge in [0.1, 0.15) is 5.75 Å². The van der Waals surface area contributed by atoms with E-state index in [-0.39, 0.29) is 12.6 Å². The highest BCUT2D eigenvalue weighted by Crippen LogP contribution is 2.25. The average Bonchev–Trinajstić information content (AvgIpc) is 2.26. The molecular formula is C13H21NO2. The van der Waals surface area contributed by atoms with Crippen LogP contribution in [-0.2, 0) is 0 Å². The Hall–Kier alpha value is -1.06. The summed E-state index contributed by atoms with van der Waals surface area (Å²) in [6.07, 6.45) is 1.03. The summed E-state index contributed by atoms with van der Waals surface area (Å²) in [5, 5.41) is 22.3. The van der Waals surface area contributed by atoms with Crippen molar-refractivity contribution in [1.82, 2.24) is 5.32 Å². The summed E-state index contributed by atoms with van der Waals surface area (Å²) < 4.78 is 0. The summed E-state index contributed by atoms with van der Waals surface area (Å²) in [6.45, 7) is 6.79. The lowest BCUT2D eigenvalue weighted by atomic mass is 10.0. The van der Waals surface area contributed by atoms with Crippen LogP contribution >= 0.6 is 0 Å². The molecule has 1 aromatic carbocycles. The first-order valence-corrected chi connectivity index (χ1v) is 5.74. The Kier molecular flexibility index (Phi) is 4.77. The van der Waals surface area contributed by atoms with Crippen LogP contribution in [0.5, 0.6) is 5.75 Å². The van der Waals surface area contributed by atoms with E-state index in [0.717, 1.165) is 29.7 Å². The van der Waals surface area contributed by atoms with Gasteiger partial charge in [0, 0.05) is 0 Å². The van der Waals surface area contributed by atoms with Gasteiger partial charge < -0.3 is 15.5 Å². The topological polar surface area (TPSA) is 52.5 Å². The molecule has 0 radical (unpaired) electrons. The highest BCUT2D eigenvalue weighted by molar-refractivity contribution is 5.43. The van der Waals surface area contributed by atoms with Crippen molar-refractivity contribution in [1.29, 1.82) is 0 Å². The van der Waals surface area contributed by atoms with Crippen molar-refractivity contribution in [2.75, 3.05) is 13.2 Å². The molecule has 0 fully saturated rings. The molecule has 0 aliphatic heterocycles. The van der Waals surface area contributed by atoms with E-state index in [9.17, 15) is 10.2 Å². The third-order valence-electron chi connectivity index (χ3n) is 2.74. The number of aromatic hydroxyl groups is 1. The maximum Gasteiger partial charge on any atom is 0.121 e. The number of hydrogen-bond donors (Lipinski definition) is 3. The highest BCUT2D eigenvalue weighted by atomic mass is 16.3. The van der Waals surface area contributed by atoms with E-state index >= 15 is 0 Å². The first-order valence-electron chi connectivity index (χ1n) is 5.74. The standard InChI is InChI=1S/C13H21NO2/c1-4-5-14-12(8-15)11-6-9(2)13(16)10(3)7-11/h6-7,12,14-16H,4-5,8H2,1-3H3. The van der Waals surface area contributed by atoms with Gasteiger partial charge in [-0.15, -0.1) is 0 Å². The van der Waals surface area contributed by atoms with Gasteiger partial charge in [0.25, 0.3) is 0 Å². The van der Waals surface area contributed by atoms with Crippen LogP contribution in [-0.4, -0.2) is 23.4 Å².